The van der Waals surface area contributed by atoms with Crippen LogP contribution in [0.2, 0.25) is 0 Å². The molecule has 1 saturated heterocycles. The van der Waals surface area contributed by atoms with Gasteiger partial charge in [0.25, 0.3) is 5.91 Å². The van der Waals surface area contributed by atoms with E-state index < -0.39 is 5.54 Å². The van der Waals surface area contributed by atoms with Gasteiger partial charge in [-0.25, -0.2) is 4.98 Å². The fraction of sp³-hybridized carbons (Fsp3) is 0.350. The Labute approximate surface area is 174 Å². The fourth-order valence-corrected chi connectivity index (χ4v) is 4.40. The Morgan fingerprint density at radius 2 is 1.93 bits per heavy atom. The van der Waals surface area contributed by atoms with Crippen molar-refractivity contribution in [1.29, 1.82) is 0 Å². The topological polar surface area (TPSA) is 71.8 Å². The van der Waals surface area contributed by atoms with Crippen LogP contribution in [0.4, 0.5) is 5.13 Å². The van der Waals surface area contributed by atoms with Gasteiger partial charge in [-0.15, -0.1) is 23.7 Å². The van der Waals surface area contributed by atoms with E-state index in [0.29, 0.717) is 18.0 Å². The maximum Gasteiger partial charge on any atom is 0.254 e. The molecule has 1 aromatic carbocycles. The lowest BCUT2D eigenvalue weighted by molar-refractivity contribution is -0.126. The smallest absolute Gasteiger partial charge is 0.254 e. The molecule has 0 saturated carbocycles. The van der Waals surface area contributed by atoms with Gasteiger partial charge < -0.3 is 5.32 Å². The van der Waals surface area contributed by atoms with Crippen LogP contribution in [0, 0.1) is 13.8 Å². The molecule has 1 fully saturated rings. The molecular weight excluding hydrogens is 394 g/mol. The van der Waals surface area contributed by atoms with Crippen LogP contribution < -0.4 is 10.6 Å². The summed E-state index contributed by atoms with van der Waals surface area (Å²) in [5.74, 6) is -0.0445. The Bertz CT molecular complexity index is 930. The molecule has 0 aliphatic carbocycles. The molecule has 4 rings (SSSR count). The van der Waals surface area contributed by atoms with Crippen molar-refractivity contribution in [3.8, 4) is 11.3 Å². The summed E-state index contributed by atoms with van der Waals surface area (Å²) in [6.45, 7) is 5.69. The van der Waals surface area contributed by atoms with E-state index in [-0.39, 0.29) is 18.3 Å². The minimum atomic E-state index is -0.668. The van der Waals surface area contributed by atoms with Gasteiger partial charge in [-0.2, -0.15) is 5.10 Å². The van der Waals surface area contributed by atoms with E-state index in [2.05, 4.69) is 46.9 Å². The molecule has 3 heterocycles. The van der Waals surface area contributed by atoms with Gasteiger partial charge >= 0.3 is 0 Å². The van der Waals surface area contributed by atoms with Gasteiger partial charge in [-0.3, -0.25) is 14.8 Å². The van der Waals surface area contributed by atoms with Gasteiger partial charge in [0.2, 0.25) is 0 Å². The van der Waals surface area contributed by atoms with Crippen molar-refractivity contribution < 1.29 is 4.79 Å². The molecule has 2 N–H and O–H groups in total. The number of piperidine rings is 1. The first-order valence-electron chi connectivity index (χ1n) is 9.15. The van der Waals surface area contributed by atoms with Crippen molar-refractivity contribution in [2.24, 2.45) is 0 Å². The summed E-state index contributed by atoms with van der Waals surface area (Å²) < 4.78 is 1.80. The van der Waals surface area contributed by atoms with Crippen LogP contribution in [0.5, 0.6) is 0 Å². The zero-order valence-corrected chi connectivity index (χ0v) is 17.6. The quantitative estimate of drug-likeness (QED) is 0.677. The van der Waals surface area contributed by atoms with Crippen LogP contribution in [-0.4, -0.2) is 33.8 Å². The third kappa shape index (κ3) is 3.83. The van der Waals surface area contributed by atoms with Gasteiger partial charge in [0.05, 0.1) is 5.69 Å². The lowest BCUT2D eigenvalue weighted by Crippen LogP contribution is -2.52. The van der Waals surface area contributed by atoms with Gasteiger partial charge in [-0.05, 0) is 45.8 Å². The first kappa shape index (κ1) is 20.5. The van der Waals surface area contributed by atoms with Crippen LogP contribution in [0.1, 0.15) is 23.3 Å². The second kappa shape index (κ2) is 8.43. The highest BCUT2D eigenvalue weighted by Gasteiger charge is 2.42. The number of carbonyl (C=O) groups excluding carboxylic acids is 1. The highest BCUT2D eigenvalue weighted by molar-refractivity contribution is 7.16. The Balaban J connectivity index is 0.00000225. The predicted octanol–water partition coefficient (Wildman–Crippen LogP) is 3.76. The largest absolute Gasteiger partial charge is 0.317 e. The third-order valence-corrected chi connectivity index (χ3v) is 6.02. The van der Waals surface area contributed by atoms with E-state index in [1.807, 2.05) is 19.2 Å². The lowest BCUT2D eigenvalue weighted by Gasteiger charge is -2.36. The lowest BCUT2D eigenvalue weighted by atomic mass is 9.87. The molecule has 0 unspecified atom stereocenters. The Morgan fingerprint density at radius 1 is 1.21 bits per heavy atom. The summed E-state index contributed by atoms with van der Waals surface area (Å²) in [6, 6.07) is 10.2. The molecule has 1 aliphatic rings. The first-order valence-corrected chi connectivity index (χ1v) is 9.97. The van der Waals surface area contributed by atoms with Crippen LogP contribution in [0.25, 0.3) is 11.3 Å². The van der Waals surface area contributed by atoms with Crippen LogP contribution in [0.3, 0.4) is 0 Å². The predicted molar refractivity (Wildman–Crippen MR) is 115 cm³/mol. The van der Waals surface area contributed by atoms with E-state index in [1.54, 1.807) is 10.9 Å². The summed E-state index contributed by atoms with van der Waals surface area (Å²) in [7, 11) is 0. The molecule has 6 nitrogen and oxygen atoms in total. The highest BCUT2D eigenvalue weighted by atomic mass is 35.5. The number of rotatable bonds is 4. The molecule has 0 atom stereocenters. The summed E-state index contributed by atoms with van der Waals surface area (Å²) in [4.78, 5) is 19.0. The second-order valence-electron chi connectivity index (χ2n) is 6.98. The van der Waals surface area contributed by atoms with Crippen molar-refractivity contribution in [3.05, 3.63) is 53.2 Å². The van der Waals surface area contributed by atoms with Gasteiger partial charge in [0, 0.05) is 22.8 Å². The number of nitrogens with zero attached hydrogens (tertiary/aromatic N) is 3. The number of amides is 1. The van der Waals surface area contributed by atoms with Crippen LogP contribution in [-0.2, 0) is 10.3 Å². The SMILES string of the molecule is Cc1ccc(-c2nc(NC(=O)C3(n4cccn4)CCNCC3)sc2C)cc1.Cl. The molecule has 8 heteroatoms. The fourth-order valence-electron chi connectivity index (χ4n) is 3.57. The molecule has 3 aromatic rings. The van der Waals surface area contributed by atoms with Crippen molar-refractivity contribution in [2.75, 3.05) is 18.4 Å². The van der Waals surface area contributed by atoms with Crippen molar-refractivity contribution in [3.63, 3.8) is 0 Å². The zero-order chi connectivity index (χ0) is 18.9. The van der Waals surface area contributed by atoms with Crippen LogP contribution in [0.15, 0.2) is 42.7 Å². The van der Waals surface area contributed by atoms with E-state index in [1.165, 1.54) is 16.9 Å². The average Bonchev–Trinajstić information content (AvgIpc) is 3.33. The maximum atomic E-state index is 13.3. The molecule has 1 aliphatic heterocycles. The summed E-state index contributed by atoms with van der Waals surface area (Å²) in [6.07, 6.45) is 5.00. The van der Waals surface area contributed by atoms with Crippen molar-refractivity contribution in [2.45, 2.75) is 32.2 Å². The van der Waals surface area contributed by atoms with E-state index in [9.17, 15) is 4.79 Å². The van der Waals surface area contributed by atoms with E-state index in [4.69, 9.17) is 4.98 Å². The molecule has 0 bridgehead atoms. The van der Waals surface area contributed by atoms with Gasteiger partial charge in [0.1, 0.15) is 5.54 Å². The van der Waals surface area contributed by atoms with Gasteiger partial charge in [0.15, 0.2) is 5.13 Å². The van der Waals surface area contributed by atoms with Crippen molar-refractivity contribution >= 4 is 34.8 Å². The maximum absolute atomic E-state index is 13.3. The molecule has 2 aromatic heterocycles. The number of carbonyl (C=O) groups is 1. The number of benzene rings is 1. The van der Waals surface area contributed by atoms with E-state index >= 15 is 0 Å². The molecule has 1 amide bonds. The number of thiazole rings is 1. The van der Waals surface area contributed by atoms with Gasteiger partial charge in [-0.1, -0.05) is 29.8 Å². The Morgan fingerprint density at radius 3 is 2.57 bits per heavy atom. The third-order valence-electron chi connectivity index (χ3n) is 5.14. The summed E-state index contributed by atoms with van der Waals surface area (Å²) in [5, 5.41) is 11.4. The molecule has 28 heavy (non-hydrogen) atoms. The number of anilines is 1. The first-order chi connectivity index (χ1) is 13.1. The van der Waals surface area contributed by atoms with Crippen LogP contribution >= 0.6 is 23.7 Å². The number of hydrogen-bond donors (Lipinski definition) is 2. The number of aromatic nitrogens is 3. The highest BCUT2D eigenvalue weighted by Crippen LogP contribution is 2.33. The summed E-state index contributed by atoms with van der Waals surface area (Å²) in [5.41, 5.74) is 2.54. The standard InChI is InChI=1S/C20H23N5OS.ClH/c1-14-4-6-16(7-5-14)17-15(2)27-19(23-17)24-18(26)20(8-11-21-12-9-20)25-13-3-10-22-25;/h3-7,10,13,21H,8-9,11-12H2,1-2H3,(H,23,24,26);1H. The number of aryl methyl sites for hydroxylation is 2. The second-order valence-corrected chi connectivity index (χ2v) is 8.18. The Hall–Kier alpha value is -2.22. The molecule has 0 spiro atoms. The molecular formula is C20H24ClN5OS. The number of nitrogens with one attached hydrogen (secondary N) is 2. The normalized spacial score (nSPS) is 15.6. The number of hydrogen-bond acceptors (Lipinski definition) is 5. The molecule has 0 radical (unpaired) electrons. The van der Waals surface area contributed by atoms with E-state index in [0.717, 1.165) is 29.2 Å². The Kier molecular flexibility index (Phi) is 6.17. The molecule has 148 valence electrons. The summed E-state index contributed by atoms with van der Waals surface area (Å²) >= 11 is 1.51. The average molecular weight is 418 g/mol. The monoisotopic (exact) mass is 417 g/mol. The zero-order valence-electron chi connectivity index (χ0n) is 15.9. The number of halogens is 1. The minimum absolute atomic E-state index is 0. The minimum Gasteiger partial charge on any atom is -0.317 e. The van der Waals surface area contributed by atoms with Crippen molar-refractivity contribution in [1.82, 2.24) is 20.1 Å².